The van der Waals surface area contributed by atoms with Crippen LogP contribution in [0.3, 0.4) is 0 Å². The van der Waals surface area contributed by atoms with E-state index in [1.807, 2.05) is 60.7 Å². The lowest BCUT2D eigenvalue weighted by atomic mass is 9.78. The van der Waals surface area contributed by atoms with Crippen molar-refractivity contribution in [3.8, 4) is 0 Å². The first kappa shape index (κ1) is 23.7. The van der Waals surface area contributed by atoms with E-state index in [0.29, 0.717) is 0 Å². The number of rotatable bonds is 9. The van der Waals surface area contributed by atoms with Gasteiger partial charge in [-0.25, -0.2) is 4.79 Å². The van der Waals surface area contributed by atoms with Crippen molar-refractivity contribution in [3.05, 3.63) is 66.2 Å². The van der Waals surface area contributed by atoms with Gasteiger partial charge < -0.3 is 19.5 Å². The second kappa shape index (κ2) is 10.5. The topological polar surface area (TPSA) is 90.9 Å². The number of thioether (sulfide) groups is 1. The van der Waals surface area contributed by atoms with Crippen molar-refractivity contribution in [2.24, 2.45) is 5.92 Å². The standard InChI is InChI=1S/C24H27NO6S/c1-4-29-22(27)24(3,32-18-13-9-6-10-14-18)20-19(21(26)25-20)16(2)31-23(28)30-15-17-11-7-5-8-12-17/h5-14,16,19-20H,4,15H2,1-3H3,(H,25,26)/t16-,19-,20+,24?/m1/s1. The van der Waals surface area contributed by atoms with Crippen LogP contribution in [0.4, 0.5) is 4.79 Å². The zero-order valence-electron chi connectivity index (χ0n) is 18.3. The van der Waals surface area contributed by atoms with Gasteiger partial charge in [0.05, 0.1) is 18.6 Å². The first-order chi connectivity index (χ1) is 15.3. The van der Waals surface area contributed by atoms with Gasteiger partial charge in [-0.15, -0.1) is 11.8 Å². The van der Waals surface area contributed by atoms with Crippen molar-refractivity contribution in [1.82, 2.24) is 5.32 Å². The van der Waals surface area contributed by atoms with Crippen LogP contribution >= 0.6 is 11.8 Å². The maximum Gasteiger partial charge on any atom is 0.508 e. The number of nitrogens with one attached hydrogen (secondary N) is 1. The van der Waals surface area contributed by atoms with Crippen molar-refractivity contribution in [1.29, 1.82) is 0 Å². The number of carbonyl (C=O) groups is 3. The van der Waals surface area contributed by atoms with E-state index < -0.39 is 34.9 Å². The van der Waals surface area contributed by atoms with Crippen LogP contribution < -0.4 is 5.32 Å². The molecule has 1 aliphatic heterocycles. The normalized spacial score (nSPS) is 20.2. The zero-order valence-corrected chi connectivity index (χ0v) is 19.1. The highest BCUT2D eigenvalue weighted by molar-refractivity contribution is 8.01. The average molecular weight is 458 g/mol. The molecule has 32 heavy (non-hydrogen) atoms. The van der Waals surface area contributed by atoms with Crippen molar-refractivity contribution in [3.63, 3.8) is 0 Å². The molecule has 1 aliphatic rings. The summed E-state index contributed by atoms with van der Waals surface area (Å²) in [4.78, 5) is 38.4. The van der Waals surface area contributed by atoms with E-state index in [2.05, 4.69) is 5.32 Å². The number of esters is 1. The largest absolute Gasteiger partial charge is 0.508 e. The molecule has 1 N–H and O–H groups in total. The number of hydrogen-bond acceptors (Lipinski definition) is 7. The predicted molar refractivity (Wildman–Crippen MR) is 120 cm³/mol. The molecule has 1 saturated heterocycles. The Morgan fingerprint density at radius 1 is 1.06 bits per heavy atom. The molecule has 2 aromatic rings. The summed E-state index contributed by atoms with van der Waals surface area (Å²) in [6.45, 7) is 5.38. The lowest BCUT2D eigenvalue weighted by Crippen LogP contribution is -2.71. The minimum Gasteiger partial charge on any atom is -0.465 e. The van der Waals surface area contributed by atoms with Crippen LogP contribution in [0.2, 0.25) is 0 Å². The average Bonchev–Trinajstić information content (AvgIpc) is 2.77. The summed E-state index contributed by atoms with van der Waals surface area (Å²) in [5.74, 6) is -1.45. The molecule has 0 bridgehead atoms. The fraction of sp³-hybridized carbons (Fsp3) is 0.375. The summed E-state index contributed by atoms with van der Waals surface area (Å²) in [6, 6.07) is 18.0. The van der Waals surface area contributed by atoms with E-state index in [9.17, 15) is 14.4 Å². The predicted octanol–water partition coefficient (Wildman–Crippen LogP) is 3.96. The second-order valence-corrected chi connectivity index (χ2v) is 9.13. The molecule has 1 amide bonds. The van der Waals surface area contributed by atoms with E-state index in [-0.39, 0.29) is 19.1 Å². The van der Waals surface area contributed by atoms with Gasteiger partial charge in [-0.1, -0.05) is 48.5 Å². The first-order valence-electron chi connectivity index (χ1n) is 10.4. The Balaban J connectivity index is 1.70. The molecule has 3 rings (SSSR count). The molecular formula is C24H27NO6S. The summed E-state index contributed by atoms with van der Waals surface area (Å²) in [7, 11) is 0. The molecule has 1 heterocycles. The van der Waals surface area contributed by atoms with Crippen LogP contribution in [0.5, 0.6) is 0 Å². The number of ether oxygens (including phenoxy) is 3. The van der Waals surface area contributed by atoms with E-state index in [0.717, 1.165) is 10.5 Å². The summed E-state index contributed by atoms with van der Waals surface area (Å²) in [5, 5.41) is 2.81. The van der Waals surface area contributed by atoms with Crippen LogP contribution in [0.1, 0.15) is 26.3 Å². The Morgan fingerprint density at radius 3 is 2.28 bits per heavy atom. The molecule has 0 radical (unpaired) electrons. The summed E-state index contributed by atoms with van der Waals surface area (Å²) in [6.07, 6.45) is -1.66. The van der Waals surface area contributed by atoms with Gasteiger partial charge in [0.25, 0.3) is 0 Å². The molecule has 1 fully saturated rings. The highest BCUT2D eigenvalue weighted by atomic mass is 32.2. The maximum atomic E-state index is 12.9. The fourth-order valence-corrected chi connectivity index (χ4v) is 4.83. The lowest BCUT2D eigenvalue weighted by Gasteiger charge is -2.47. The second-order valence-electron chi connectivity index (χ2n) is 7.60. The van der Waals surface area contributed by atoms with Gasteiger partial charge >= 0.3 is 12.1 Å². The van der Waals surface area contributed by atoms with Crippen molar-refractivity contribution in [2.75, 3.05) is 6.61 Å². The van der Waals surface area contributed by atoms with E-state index in [4.69, 9.17) is 14.2 Å². The third kappa shape index (κ3) is 5.43. The van der Waals surface area contributed by atoms with Crippen LogP contribution in [0, 0.1) is 5.92 Å². The van der Waals surface area contributed by atoms with Crippen LogP contribution in [-0.2, 0) is 30.4 Å². The summed E-state index contributed by atoms with van der Waals surface area (Å²) < 4.78 is 14.8. The Morgan fingerprint density at radius 2 is 1.69 bits per heavy atom. The molecule has 0 spiro atoms. The molecular weight excluding hydrogens is 430 g/mol. The monoisotopic (exact) mass is 457 g/mol. The SMILES string of the molecule is CCOC(=O)C(C)(Sc1ccccc1)[C@H]1NC(=O)[C@@H]1[C@@H](C)OC(=O)OCc1ccccc1. The molecule has 8 heteroatoms. The highest BCUT2D eigenvalue weighted by Gasteiger charge is 2.58. The fourth-order valence-electron chi connectivity index (χ4n) is 3.57. The molecule has 2 aromatic carbocycles. The van der Waals surface area contributed by atoms with Crippen molar-refractivity contribution >= 4 is 29.8 Å². The molecule has 0 saturated carbocycles. The number of β-lactam (4-membered cyclic amide) rings is 1. The van der Waals surface area contributed by atoms with Crippen LogP contribution in [-0.4, -0.2) is 41.5 Å². The lowest BCUT2D eigenvalue weighted by molar-refractivity contribution is -0.153. The molecule has 0 aliphatic carbocycles. The van der Waals surface area contributed by atoms with E-state index in [1.54, 1.807) is 20.8 Å². The van der Waals surface area contributed by atoms with E-state index >= 15 is 0 Å². The van der Waals surface area contributed by atoms with Gasteiger partial charge in [-0.2, -0.15) is 0 Å². The zero-order chi connectivity index (χ0) is 23.1. The number of amides is 1. The smallest absolute Gasteiger partial charge is 0.465 e. The van der Waals surface area contributed by atoms with Gasteiger partial charge in [-0.05, 0) is 38.5 Å². The Bertz CT molecular complexity index is 938. The summed E-state index contributed by atoms with van der Waals surface area (Å²) in [5.41, 5.74) is 0.825. The Hall–Kier alpha value is -3.00. The third-order valence-corrected chi connectivity index (χ3v) is 6.65. The Kier molecular flexibility index (Phi) is 7.80. The minimum atomic E-state index is -1.11. The van der Waals surface area contributed by atoms with Crippen LogP contribution in [0.15, 0.2) is 65.6 Å². The molecule has 4 atom stereocenters. The molecule has 7 nitrogen and oxygen atoms in total. The van der Waals surface area contributed by atoms with Gasteiger partial charge in [0, 0.05) is 4.90 Å². The van der Waals surface area contributed by atoms with Crippen LogP contribution in [0.25, 0.3) is 0 Å². The highest BCUT2D eigenvalue weighted by Crippen LogP contribution is 2.43. The number of hydrogen-bond donors (Lipinski definition) is 1. The molecule has 170 valence electrons. The number of carbonyl (C=O) groups excluding carboxylic acids is 3. The van der Waals surface area contributed by atoms with Gasteiger partial charge in [0.15, 0.2) is 0 Å². The van der Waals surface area contributed by atoms with Gasteiger partial charge in [-0.3, -0.25) is 9.59 Å². The van der Waals surface area contributed by atoms with Gasteiger partial charge in [0.1, 0.15) is 17.5 Å². The third-order valence-electron chi connectivity index (χ3n) is 5.29. The molecule has 1 unspecified atom stereocenters. The van der Waals surface area contributed by atoms with Crippen molar-refractivity contribution in [2.45, 2.75) is 49.2 Å². The maximum absolute atomic E-state index is 12.9. The minimum absolute atomic E-state index is 0.0666. The molecule has 0 aromatic heterocycles. The van der Waals surface area contributed by atoms with Crippen molar-refractivity contribution < 1.29 is 28.6 Å². The quantitative estimate of drug-likeness (QED) is 0.346. The first-order valence-corrected chi connectivity index (χ1v) is 11.3. The Labute approximate surface area is 191 Å². The number of benzene rings is 2. The van der Waals surface area contributed by atoms with E-state index in [1.165, 1.54) is 11.8 Å². The van der Waals surface area contributed by atoms with Gasteiger partial charge in [0.2, 0.25) is 5.91 Å². The summed E-state index contributed by atoms with van der Waals surface area (Å²) >= 11 is 1.31.